The van der Waals surface area contributed by atoms with Gasteiger partial charge in [0.05, 0.1) is 0 Å². The zero-order valence-electron chi connectivity index (χ0n) is 15.8. The molecule has 0 fully saturated rings. The largest absolute Gasteiger partial charge is 0.376 e. The van der Waals surface area contributed by atoms with Crippen LogP contribution in [0.2, 0.25) is 0 Å². The number of amides is 1. The molecule has 1 N–H and O–H groups in total. The van der Waals surface area contributed by atoms with Gasteiger partial charge >= 0.3 is 0 Å². The minimum Gasteiger partial charge on any atom is -0.376 e. The number of hydrogen-bond donors (Lipinski definition) is 1. The van der Waals surface area contributed by atoms with E-state index in [1.165, 1.54) is 88.4 Å². The normalized spacial score (nSPS) is 10.9. The molecule has 23 heavy (non-hydrogen) atoms. The molecule has 0 aliphatic carbocycles. The Hall–Kier alpha value is -0.570. The maximum Gasteiger partial charge on any atom is 0.224 e. The van der Waals surface area contributed by atoms with E-state index in [0.717, 1.165) is 12.8 Å². The van der Waals surface area contributed by atoms with E-state index in [4.69, 9.17) is 5.11 Å². The molecule has 0 aliphatic heterocycles. The standard InChI is InChI=1S/C20H41NO2/c1-3-4-5-6-7-8-9-10-11-12-13-14-15-16-17-18-20(23)21(2)19-22/h22H,3-19H2,1-2H3. The SMILES string of the molecule is CCCCCCCCCCCCCCCCCC(=O)N(C)CO. The first kappa shape index (κ1) is 22.4. The molecule has 0 heterocycles. The number of carbonyl (C=O) groups is 1. The van der Waals surface area contributed by atoms with Gasteiger partial charge in [-0.05, 0) is 6.42 Å². The maximum atomic E-state index is 11.5. The highest BCUT2D eigenvalue weighted by atomic mass is 16.3. The molecular formula is C20H41NO2. The molecule has 0 saturated carbocycles. The van der Waals surface area contributed by atoms with E-state index in [1.54, 1.807) is 7.05 Å². The zero-order chi connectivity index (χ0) is 17.2. The second kappa shape index (κ2) is 17.8. The fourth-order valence-electron chi connectivity index (χ4n) is 2.92. The lowest BCUT2D eigenvalue weighted by Crippen LogP contribution is -2.27. The third-order valence-corrected chi connectivity index (χ3v) is 4.63. The quantitative estimate of drug-likeness (QED) is 0.277. The third kappa shape index (κ3) is 16.1. The molecule has 3 heteroatoms. The number of hydrogen-bond acceptors (Lipinski definition) is 2. The van der Waals surface area contributed by atoms with Crippen molar-refractivity contribution in [3.8, 4) is 0 Å². The first-order chi connectivity index (χ1) is 11.2. The van der Waals surface area contributed by atoms with Crippen LogP contribution in [0.4, 0.5) is 0 Å². The number of rotatable bonds is 17. The summed E-state index contributed by atoms with van der Waals surface area (Å²) in [5.41, 5.74) is 0. The monoisotopic (exact) mass is 327 g/mol. The molecule has 1 amide bonds. The van der Waals surface area contributed by atoms with Crippen LogP contribution in [0.5, 0.6) is 0 Å². The predicted molar refractivity (Wildman–Crippen MR) is 99.4 cm³/mol. The predicted octanol–water partition coefficient (Wildman–Crippen LogP) is 5.66. The van der Waals surface area contributed by atoms with E-state index in [1.807, 2.05) is 0 Å². The summed E-state index contributed by atoms with van der Waals surface area (Å²) < 4.78 is 0. The minimum absolute atomic E-state index is 0.0576. The molecule has 3 nitrogen and oxygen atoms in total. The lowest BCUT2D eigenvalue weighted by atomic mass is 10.0. The number of aliphatic hydroxyl groups excluding tert-OH is 1. The molecule has 138 valence electrons. The van der Waals surface area contributed by atoms with E-state index < -0.39 is 0 Å². The summed E-state index contributed by atoms with van der Waals surface area (Å²) in [5.74, 6) is 0.0576. The van der Waals surface area contributed by atoms with E-state index >= 15 is 0 Å². The lowest BCUT2D eigenvalue weighted by Gasteiger charge is -2.12. The summed E-state index contributed by atoms with van der Waals surface area (Å²) in [6.07, 6.45) is 20.7. The molecule has 0 bridgehead atoms. The molecule has 0 atom stereocenters. The van der Waals surface area contributed by atoms with Crippen LogP contribution in [-0.2, 0) is 4.79 Å². The van der Waals surface area contributed by atoms with Crippen molar-refractivity contribution in [2.45, 2.75) is 110 Å². The van der Waals surface area contributed by atoms with Gasteiger partial charge in [-0.2, -0.15) is 0 Å². The first-order valence-corrected chi connectivity index (χ1v) is 10.1. The van der Waals surface area contributed by atoms with Crippen LogP contribution >= 0.6 is 0 Å². The van der Waals surface area contributed by atoms with E-state index in [9.17, 15) is 4.79 Å². The second-order valence-corrected chi connectivity index (χ2v) is 6.93. The molecular weight excluding hydrogens is 286 g/mol. The minimum atomic E-state index is -0.169. The van der Waals surface area contributed by atoms with Crippen LogP contribution in [0, 0.1) is 0 Å². The van der Waals surface area contributed by atoms with Crippen molar-refractivity contribution >= 4 is 5.91 Å². The number of aliphatic hydroxyl groups is 1. The fraction of sp³-hybridized carbons (Fsp3) is 0.950. The molecule has 0 unspecified atom stereocenters. The van der Waals surface area contributed by atoms with Gasteiger partial charge in [-0.3, -0.25) is 4.79 Å². The van der Waals surface area contributed by atoms with Crippen molar-refractivity contribution in [2.24, 2.45) is 0 Å². The molecule has 0 aromatic heterocycles. The molecule has 0 rings (SSSR count). The third-order valence-electron chi connectivity index (χ3n) is 4.63. The van der Waals surface area contributed by atoms with Crippen molar-refractivity contribution in [1.82, 2.24) is 4.90 Å². The van der Waals surface area contributed by atoms with Crippen LogP contribution in [-0.4, -0.2) is 29.7 Å². The Morgan fingerprint density at radius 2 is 1.04 bits per heavy atom. The first-order valence-electron chi connectivity index (χ1n) is 10.1. The van der Waals surface area contributed by atoms with Gasteiger partial charge in [-0.25, -0.2) is 0 Å². The van der Waals surface area contributed by atoms with Crippen molar-refractivity contribution in [3.63, 3.8) is 0 Å². The van der Waals surface area contributed by atoms with Gasteiger partial charge in [0.15, 0.2) is 0 Å². The number of unbranched alkanes of at least 4 members (excludes halogenated alkanes) is 14. The van der Waals surface area contributed by atoms with Gasteiger partial charge in [-0.15, -0.1) is 0 Å². The van der Waals surface area contributed by atoms with Gasteiger partial charge < -0.3 is 10.0 Å². The Balaban J connectivity index is 3.09. The Bertz CT molecular complexity index is 256. The Morgan fingerprint density at radius 1 is 0.696 bits per heavy atom. The van der Waals surface area contributed by atoms with E-state index in [2.05, 4.69) is 6.92 Å². The molecule has 0 aromatic rings. The molecule has 0 spiro atoms. The van der Waals surface area contributed by atoms with E-state index in [-0.39, 0.29) is 12.6 Å². The fourth-order valence-corrected chi connectivity index (χ4v) is 2.92. The van der Waals surface area contributed by atoms with Gasteiger partial charge in [0, 0.05) is 13.5 Å². The highest BCUT2D eigenvalue weighted by molar-refractivity contribution is 5.75. The van der Waals surface area contributed by atoms with Crippen LogP contribution in [0.15, 0.2) is 0 Å². The van der Waals surface area contributed by atoms with Gasteiger partial charge in [0.25, 0.3) is 0 Å². The topological polar surface area (TPSA) is 40.5 Å². The van der Waals surface area contributed by atoms with Crippen molar-refractivity contribution in [1.29, 1.82) is 0 Å². The van der Waals surface area contributed by atoms with Crippen LogP contribution in [0.25, 0.3) is 0 Å². The summed E-state index contributed by atoms with van der Waals surface area (Å²) in [6, 6.07) is 0. The molecule has 0 aliphatic rings. The summed E-state index contributed by atoms with van der Waals surface area (Å²) in [5, 5.41) is 8.84. The van der Waals surface area contributed by atoms with E-state index in [0.29, 0.717) is 6.42 Å². The summed E-state index contributed by atoms with van der Waals surface area (Å²) in [6.45, 7) is 2.10. The average molecular weight is 328 g/mol. The Labute approximate surface area is 144 Å². The van der Waals surface area contributed by atoms with Gasteiger partial charge in [0.2, 0.25) is 5.91 Å². The second-order valence-electron chi connectivity index (χ2n) is 6.93. The van der Waals surface area contributed by atoms with Crippen LogP contribution < -0.4 is 0 Å². The highest BCUT2D eigenvalue weighted by Gasteiger charge is 2.05. The van der Waals surface area contributed by atoms with Crippen LogP contribution in [0.3, 0.4) is 0 Å². The van der Waals surface area contributed by atoms with Gasteiger partial charge in [-0.1, -0.05) is 96.8 Å². The molecule has 0 saturated heterocycles. The van der Waals surface area contributed by atoms with Crippen LogP contribution in [0.1, 0.15) is 110 Å². The smallest absolute Gasteiger partial charge is 0.224 e. The summed E-state index contributed by atoms with van der Waals surface area (Å²) in [7, 11) is 1.65. The summed E-state index contributed by atoms with van der Waals surface area (Å²) >= 11 is 0. The highest BCUT2D eigenvalue weighted by Crippen LogP contribution is 2.13. The Morgan fingerprint density at radius 3 is 1.39 bits per heavy atom. The molecule has 0 radical (unpaired) electrons. The number of nitrogens with zero attached hydrogens (tertiary/aromatic N) is 1. The lowest BCUT2D eigenvalue weighted by molar-refractivity contribution is -0.133. The van der Waals surface area contributed by atoms with Gasteiger partial charge in [0.1, 0.15) is 6.73 Å². The maximum absolute atomic E-state index is 11.5. The van der Waals surface area contributed by atoms with Crippen molar-refractivity contribution in [2.75, 3.05) is 13.8 Å². The summed E-state index contributed by atoms with van der Waals surface area (Å²) in [4.78, 5) is 12.9. The Kier molecular flexibility index (Phi) is 17.3. The average Bonchev–Trinajstić information content (AvgIpc) is 2.57. The number of carbonyl (C=O) groups excluding carboxylic acids is 1. The van der Waals surface area contributed by atoms with Crippen molar-refractivity contribution < 1.29 is 9.90 Å². The zero-order valence-corrected chi connectivity index (χ0v) is 15.8. The molecule has 0 aromatic carbocycles. The van der Waals surface area contributed by atoms with Crippen molar-refractivity contribution in [3.05, 3.63) is 0 Å².